The minimum atomic E-state index is -4.45. The van der Waals surface area contributed by atoms with E-state index in [0.29, 0.717) is 31.7 Å². The fraction of sp³-hybridized carbons (Fsp3) is 0.350. The fourth-order valence-corrected chi connectivity index (χ4v) is 3.33. The van der Waals surface area contributed by atoms with Crippen LogP contribution in [0.4, 0.5) is 29.1 Å². The molecule has 0 saturated carbocycles. The second-order valence-electron chi connectivity index (χ2n) is 6.94. The van der Waals surface area contributed by atoms with Crippen LogP contribution in [-0.2, 0) is 20.5 Å². The molecule has 1 aliphatic heterocycles. The molecule has 11 heteroatoms. The second-order valence-corrected chi connectivity index (χ2v) is 7.35. The van der Waals surface area contributed by atoms with E-state index in [4.69, 9.17) is 16.3 Å². The summed E-state index contributed by atoms with van der Waals surface area (Å²) >= 11 is 5.83. The van der Waals surface area contributed by atoms with Crippen LogP contribution in [0.1, 0.15) is 18.4 Å². The third kappa shape index (κ3) is 6.06. The van der Waals surface area contributed by atoms with Crippen LogP contribution in [0.15, 0.2) is 36.5 Å². The number of ether oxygens (including phenoxy) is 1. The average Bonchev–Trinajstić information content (AvgIpc) is 2.73. The lowest BCUT2D eigenvalue weighted by molar-refractivity contribution is -0.152. The Kier molecular flexibility index (Phi) is 6.99. The lowest BCUT2D eigenvalue weighted by Crippen LogP contribution is -2.38. The van der Waals surface area contributed by atoms with E-state index < -0.39 is 42.0 Å². The highest BCUT2D eigenvalue weighted by atomic mass is 35.5. The van der Waals surface area contributed by atoms with Crippen molar-refractivity contribution in [3.8, 4) is 0 Å². The molecular weight excluding hydrogens is 442 g/mol. The molecule has 0 aliphatic carbocycles. The first-order valence-corrected chi connectivity index (χ1v) is 9.71. The summed E-state index contributed by atoms with van der Waals surface area (Å²) < 4.78 is 56.0. The van der Waals surface area contributed by atoms with Crippen LogP contribution in [0.2, 0.25) is 5.02 Å². The van der Waals surface area contributed by atoms with Crippen molar-refractivity contribution >= 4 is 35.0 Å². The van der Waals surface area contributed by atoms with Crippen LogP contribution in [0.25, 0.3) is 0 Å². The van der Waals surface area contributed by atoms with Crippen LogP contribution >= 0.6 is 11.6 Å². The van der Waals surface area contributed by atoms with Gasteiger partial charge in [0.1, 0.15) is 11.6 Å². The van der Waals surface area contributed by atoms with Crippen molar-refractivity contribution in [1.82, 2.24) is 4.98 Å². The van der Waals surface area contributed by atoms with Crippen molar-refractivity contribution in [1.29, 1.82) is 0 Å². The zero-order valence-corrected chi connectivity index (χ0v) is 16.8. The highest BCUT2D eigenvalue weighted by Gasteiger charge is 2.31. The first kappa shape index (κ1) is 22.8. The Hall–Kier alpha value is -2.88. The summed E-state index contributed by atoms with van der Waals surface area (Å²) in [4.78, 5) is 29.8. The number of alkyl halides is 3. The predicted octanol–water partition coefficient (Wildman–Crippen LogP) is 4.29. The molecule has 0 spiro atoms. The van der Waals surface area contributed by atoms with Gasteiger partial charge in [-0.1, -0.05) is 11.6 Å². The number of carbonyl (C=O) groups excluding carboxylic acids is 2. The summed E-state index contributed by atoms with van der Waals surface area (Å²) in [6.45, 7) is 0.304. The van der Waals surface area contributed by atoms with Gasteiger partial charge in [-0.3, -0.25) is 9.59 Å². The fourth-order valence-electron chi connectivity index (χ4n) is 3.12. The van der Waals surface area contributed by atoms with Crippen LogP contribution in [0.3, 0.4) is 0 Å². The number of nitrogens with one attached hydrogen (secondary N) is 1. The van der Waals surface area contributed by atoms with Crippen molar-refractivity contribution in [3.05, 3.63) is 52.9 Å². The van der Waals surface area contributed by atoms with E-state index in [0.717, 1.165) is 24.4 Å². The Morgan fingerprint density at radius 1 is 1.19 bits per heavy atom. The van der Waals surface area contributed by atoms with Gasteiger partial charge in [0.2, 0.25) is 0 Å². The molecule has 0 unspecified atom stereocenters. The molecule has 1 amide bonds. The van der Waals surface area contributed by atoms with E-state index >= 15 is 0 Å². The first-order valence-electron chi connectivity index (χ1n) is 9.33. The number of benzene rings is 1. The molecule has 0 radical (unpaired) electrons. The zero-order valence-electron chi connectivity index (χ0n) is 16.1. The number of pyridine rings is 1. The summed E-state index contributed by atoms with van der Waals surface area (Å²) in [6, 6.07) is 5.73. The van der Waals surface area contributed by atoms with Gasteiger partial charge < -0.3 is 15.0 Å². The topological polar surface area (TPSA) is 71.5 Å². The van der Waals surface area contributed by atoms with Gasteiger partial charge in [0.15, 0.2) is 6.61 Å². The molecule has 1 N–H and O–H groups in total. The maximum absolute atomic E-state index is 13.0. The molecule has 1 aliphatic rings. The molecule has 2 heterocycles. The van der Waals surface area contributed by atoms with Gasteiger partial charge in [0.25, 0.3) is 5.91 Å². The SMILES string of the molecule is O=C(COC(=O)C1CCN(c2ccc(C(F)(F)F)cn2)CC1)Nc1ccc(F)cc1Cl. The Labute approximate surface area is 180 Å². The van der Waals surface area contributed by atoms with Crippen LogP contribution in [-0.4, -0.2) is 36.6 Å². The number of halogens is 5. The maximum Gasteiger partial charge on any atom is 0.417 e. The molecule has 0 bridgehead atoms. The average molecular weight is 460 g/mol. The quantitative estimate of drug-likeness (QED) is 0.533. The molecular formula is C20H18ClF4N3O3. The van der Waals surface area contributed by atoms with E-state index in [1.165, 1.54) is 12.1 Å². The zero-order chi connectivity index (χ0) is 22.6. The number of hydrogen-bond donors (Lipinski definition) is 1. The van der Waals surface area contributed by atoms with Gasteiger partial charge in [0.05, 0.1) is 22.2 Å². The number of nitrogens with zero attached hydrogens (tertiary/aromatic N) is 2. The Morgan fingerprint density at radius 3 is 2.48 bits per heavy atom. The van der Waals surface area contributed by atoms with E-state index in [1.807, 2.05) is 0 Å². The van der Waals surface area contributed by atoms with Gasteiger partial charge in [-0.25, -0.2) is 9.37 Å². The summed E-state index contributed by atoms with van der Waals surface area (Å²) in [5.74, 6) is -1.75. The van der Waals surface area contributed by atoms with Gasteiger partial charge in [-0.15, -0.1) is 0 Å². The van der Waals surface area contributed by atoms with Gasteiger partial charge in [0, 0.05) is 19.3 Å². The van der Waals surface area contributed by atoms with Gasteiger partial charge in [-0.2, -0.15) is 13.2 Å². The first-order chi connectivity index (χ1) is 14.6. The molecule has 1 aromatic carbocycles. The summed E-state index contributed by atoms with van der Waals surface area (Å²) in [5, 5.41) is 2.45. The van der Waals surface area contributed by atoms with Crippen molar-refractivity contribution < 1.29 is 31.9 Å². The van der Waals surface area contributed by atoms with Crippen LogP contribution in [0, 0.1) is 11.7 Å². The lowest BCUT2D eigenvalue weighted by atomic mass is 9.97. The highest BCUT2D eigenvalue weighted by molar-refractivity contribution is 6.33. The number of piperidine rings is 1. The third-order valence-electron chi connectivity index (χ3n) is 4.78. The summed E-state index contributed by atoms with van der Waals surface area (Å²) in [7, 11) is 0. The monoisotopic (exact) mass is 459 g/mol. The number of rotatable bonds is 5. The van der Waals surface area contributed by atoms with Crippen molar-refractivity contribution in [2.45, 2.75) is 19.0 Å². The van der Waals surface area contributed by atoms with Crippen molar-refractivity contribution in [3.63, 3.8) is 0 Å². The predicted molar refractivity (Wildman–Crippen MR) is 105 cm³/mol. The van der Waals surface area contributed by atoms with Gasteiger partial charge >= 0.3 is 12.1 Å². The Morgan fingerprint density at radius 2 is 1.90 bits per heavy atom. The van der Waals surface area contributed by atoms with Crippen LogP contribution in [0.5, 0.6) is 0 Å². The van der Waals surface area contributed by atoms with E-state index in [1.54, 1.807) is 4.90 Å². The third-order valence-corrected chi connectivity index (χ3v) is 5.09. The number of anilines is 2. The van der Waals surface area contributed by atoms with Crippen LogP contribution < -0.4 is 10.2 Å². The molecule has 166 valence electrons. The number of hydrogen-bond acceptors (Lipinski definition) is 5. The number of carbonyl (C=O) groups is 2. The number of amides is 1. The second kappa shape index (κ2) is 9.51. The Bertz CT molecular complexity index is 946. The maximum atomic E-state index is 13.0. The number of aromatic nitrogens is 1. The molecule has 2 aromatic rings. The largest absolute Gasteiger partial charge is 0.455 e. The summed E-state index contributed by atoms with van der Waals surface area (Å²) in [5.41, 5.74) is -0.628. The molecule has 1 fully saturated rings. The minimum Gasteiger partial charge on any atom is -0.455 e. The van der Waals surface area contributed by atoms with E-state index in [9.17, 15) is 27.2 Å². The molecule has 3 rings (SSSR count). The normalized spacial score (nSPS) is 14.9. The summed E-state index contributed by atoms with van der Waals surface area (Å²) in [6.07, 6.45) is -2.85. The molecule has 6 nitrogen and oxygen atoms in total. The standard InChI is InChI=1S/C20H18ClF4N3O3/c21-15-9-14(22)2-3-16(15)27-18(29)11-31-19(30)12-5-7-28(8-6-12)17-4-1-13(10-26-17)20(23,24)25/h1-4,9-10,12H,5-8,11H2,(H,27,29). The molecule has 1 aromatic heterocycles. The molecule has 1 saturated heterocycles. The Balaban J connectivity index is 1.45. The van der Waals surface area contributed by atoms with Crippen molar-refractivity contribution in [2.75, 3.05) is 29.9 Å². The van der Waals surface area contributed by atoms with Crippen molar-refractivity contribution in [2.24, 2.45) is 5.92 Å². The van der Waals surface area contributed by atoms with E-state index in [-0.39, 0.29) is 10.7 Å². The van der Waals surface area contributed by atoms with Gasteiger partial charge in [-0.05, 0) is 43.2 Å². The highest BCUT2D eigenvalue weighted by Crippen LogP contribution is 2.30. The number of esters is 1. The lowest BCUT2D eigenvalue weighted by Gasteiger charge is -2.31. The smallest absolute Gasteiger partial charge is 0.417 e. The molecule has 0 atom stereocenters. The minimum absolute atomic E-state index is 0.0175. The molecule has 31 heavy (non-hydrogen) atoms. The van der Waals surface area contributed by atoms with E-state index in [2.05, 4.69) is 10.3 Å².